The quantitative estimate of drug-likeness (QED) is 0.696. The van der Waals surface area contributed by atoms with Crippen LogP contribution in [0.3, 0.4) is 0 Å². The molecule has 1 fully saturated rings. The predicted molar refractivity (Wildman–Crippen MR) is 56.6 cm³/mol. The van der Waals surface area contributed by atoms with Gasteiger partial charge in [-0.15, -0.1) is 0 Å². The van der Waals surface area contributed by atoms with Gasteiger partial charge in [0.1, 0.15) is 0 Å². The van der Waals surface area contributed by atoms with Crippen LogP contribution in [-0.2, 0) is 6.42 Å². The normalized spacial score (nSPS) is 19.9. The third-order valence-corrected chi connectivity index (χ3v) is 2.44. The van der Waals surface area contributed by atoms with Gasteiger partial charge in [0.25, 0.3) is 0 Å². The Morgan fingerprint density at radius 3 is 2.85 bits per heavy atom. The van der Waals surface area contributed by atoms with Gasteiger partial charge < -0.3 is 5.32 Å². The van der Waals surface area contributed by atoms with Gasteiger partial charge >= 0.3 is 0 Å². The lowest BCUT2D eigenvalue weighted by Crippen LogP contribution is -1.99. The molecule has 1 aliphatic heterocycles. The van der Waals surface area contributed by atoms with E-state index in [2.05, 4.69) is 43.1 Å². The Hall–Kier alpha value is -1.08. The first kappa shape index (κ1) is 8.52. The van der Waals surface area contributed by atoms with Gasteiger partial charge in [-0.05, 0) is 24.5 Å². The highest BCUT2D eigenvalue weighted by molar-refractivity contribution is 5.64. The van der Waals surface area contributed by atoms with Crippen molar-refractivity contribution in [3.63, 3.8) is 0 Å². The Morgan fingerprint density at radius 2 is 2.23 bits per heavy atom. The zero-order valence-electron chi connectivity index (χ0n) is 8.01. The zero-order valence-corrected chi connectivity index (χ0v) is 8.01. The molecule has 0 saturated carbocycles. The van der Waals surface area contributed by atoms with Gasteiger partial charge in [0.15, 0.2) is 0 Å². The number of hydrogen-bond acceptors (Lipinski definition) is 1. The maximum atomic E-state index is 3.99. The molecule has 68 valence electrons. The molecule has 1 heteroatoms. The van der Waals surface area contributed by atoms with E-state index in [-0.39, 0.29) is 0 Å². The summed E-state index contributed by atoms with van der Waals surface area (Å²) in [6, 6.07) is 9.24. The van der Waals surface area contributed by atoms with Crippen molar-refractivity contribution >= 4 is 5.57 Å². The van der Waals surface area contributed by atoms with E-state index in [0.29, 0.717) is 6.04 Å². The summed E-state index contributed by atoms with van der Waals surface area (Å²) < 4.78 is 0. The summed E-state index contributed by atoms with van der Waals surface area (Å²) in [5.74, 6) is 0. The van der Waals surface area contributed by atoms with Crippen LogP contribution < -0.4 is 5.32 Å². The zero-order chi connectivity index (χ0) is 9.26. The van der Waals surface area contributed by atoms with Gasteiger partial charge in [-0.3, -0.25) is 0 Å². The number of allylic oxidation sites excluding steroid dienone is 1. The molecule has 0 aromatic heterocycles. The maximum absolute atomic E-state index is 3.99. The molecule has 0 amide bonds. The molecule has 1 atom stereocenters. The third-order valence-electron chi connectivity index (χ3n) is 2.44. The van der Waals surface area contributed by atoms with E-state index in [4.69, 9.17) is 0 Å². The molecule has 0 radical (unpaired) electrons. The molecule has 1 saturated heterocycles. The Labute approximate surface area is 79.5 Å². The minimum atomic E-state index is 0.709. The number of benzene rings is 1. The highest BCUT2D eigenvalue weighted by Crippen LogP contribution is 2.20. The first-order valence-electron chi connectivity index (χ1n) is 4.74. The highest BCUT2D eigenvalue weighted by atomic mass is 15.1. The maximum Gasteiger partial charge on any atom is 0.0233 e. The van der Waals surface area contributed by atoms with Crippen LogP contribution >= 0.6 is 0 Å². The molecule has 1 nitrogen and oxygen atoms in total. The fraction of sp³-hybridized carbons (Fsp3) is 0.333. The average molecular weight is 173 g/mol. The van der Waals surface area contributed by atoms with Gasteiger partial charge in [-0.25, -0.2) is 0 Å². The highest BCUT2D eigenvalue weighted by Gasteiger charge is 2.21. The predicted octanol–water partition coefficient (Wildman–Crippen LogP) is 2.23. The van der Waals surface area contributed by atoms with Crippen molar-refractivity contribution < 1.29 is 0 Å². The topological polar surface area (TPSA) is 21.9 Å². The van der Waals surface area contributed by atoms with Crippen LogP contribution in [0, 0.1) is 0 Å². The van der Waals surface area contributed by atoms with Crippen LogP contribution in [0.2, 0.25) is 0 Å². The van der Waals surface area contributed by atoms with Crippen LogP contribution in [-0.4, -0.2) is 12.6 Å². The summed E-state index contributed by atoms with van der Waals surface area (Å²) in [4.78, 5) is 0. The van der Waals surface area contributed by atoms with E-state index in [1.165, 1.54) is 17.7 Å². The van der Waals surface area contributed by atoms with E-state index in [9.17, 15) is 0 Å². The second-order valence-corrected chi connectivity index (χ2v) is 3.75. The number of nitrogens with one attached hydrogen (secondary N) is 1. The molecule has 0 bridgehead atoms. The molecule has 2 rings (SSSR count). The Morgan fingerprint density at radius 1 is 1.54 bits per heavy atom. The van der Waals surface area contributed by atoms with Crippen molar-refractivity contribution in [3.05, 3.63) is 42.0 Å². The first-order valence-corrected chi connectivity index (χ1v) is 4.74. The van der Waals surface area contributed by atoms with E-state index in [1.54, 1.807) is 0 Å². The fourth-order valence-corrected chi connectivity index (χ4v) is 1.61. The van der Waals surface area contributed by atoms with Crippen molar-refractivity contribution in [1.82, 2.24) is 5.32 Å². The third kappa shape index (κ3) is 1.99. The summed E-state index contributed by atoms with van der Waals surface area (Å²) in [5, 5.41) is 3.32. The largest absolute Gasteiger partial charge is 0.311 e. The smallest absolute Gasteiger partial charge is 0.0233 e. The molecule has 1 aromatic rings. The van der Waals surface area contributed by atoms with Crippen molar-refractivity contribution in [2.75, 3.05) is 6.54 Å². The minimum Gasteiger partial charge on any atom is -0.311 e. The van der Waals surface area contributed by atoms with E-state index < -0.39 is 0 Å². The van der Waals surface area contributed by atoms with Gasteiger partial charge in [0.05, 0.1) is 0 Å². The monoisotopic (exact) mass is 173 g/mol. The molecule has 1 aromatic carbocycles. The average Bonchev–Trinajstić information content (AvgIpc) is 2.89. The molecule has 1 heterocycles. The van der Waals surface area contributed by atoms with Crippen LogP contribution in [0.4, 0.5) is 0 Å². The summed E-state index contributed by atoms with van der Waals surface area (Å²) in [7, 11) is 0. The van der Waals surface area contributed by atoms with Crippen molar-refractivity contribution in [3.8, 4) is 0 Å². The molecule has 1 aliphatic rings. The second-order valence-electron chi connectivity index (χ2n) is 3.75. The SMILES string of the molecule is C=C(C)c1ccccc1CC1CN1. The summed E-state index contributed by atoms with van der Waals surface area (Å²) in [5.41, 5.74) is 3.90. The molecule has 0 spiro atoms. The van der Waals surface area contributed by atoms with Crippen molar-refractivity contribution in [2.45, 2.75) is 19.4 Å². The Bertz CT molecular complexity index is 324. The van der Waals surface area contributed by atoms with Crippen LogP contribution in [0.1, 0.15) is 18.1 Å². The van der Waals surface area contributed by atoms with Crippen molar-refractivity contribution in [2.24, 2.45) is 0 Å². The molecular weight excluding hydrogens is 158 g/mol. The summed E-state index contributed by atoms with van der Waals surface area (Å²) in [6.45, 7) is 7.23. The molecular formula is C12H15N. The second kappa shape index (κ2) is 3.35. The van der Waals surface area contributed by atoms with Crippen LogP contribution in [0.25, 0.3) is 5.57 Å². The lowest BCUT2D eigenvalue weighted by Gasteiger charge is -2.07. The van der Waals surface area contributed by atoms with Gasteiger partial charge in [0.2, 0.25) is 0 Å². The summed E-state index contributed by atoms with van der Waals surface area (Å²) in [6.07, 6.45) is 1.14. The first-order chi connectivity index (χ1) is 6.27. The van der Waals surface area contributed by atoms with Crippen molar-refractivity contribution in [1.29, 1.82) is 0 Å². The molecule has 1 N–H and O–H groups in total. The van der Waals surface area contributed by atoms with E-state index in [0.717, 1.165) is 12.0 Å². The van der Waals surface area contributed by atoms with Gasteiger partial charge in [-0.1, -0.05) is 36.4 Å². The Balaban J connectivity index is 2.25. The van der Waals surface area contributed by atoms with Crippen LogP contribution in [0.5, 0.6) is 0 Å². The standard InChI is InChI=1S/C12H15N/c1-9(2)12-6-4-3-5-10(12)7-11-8-13-11/h3-6,11,13H,1,7-8H2,2H3. The lowest BCUT2D eigenvalue weighted by atomic mass is 9.98. The Kier molecular flexibility index (Phi) is 2.19. The minimum absolute atomic E-state index is 0.709. The summed E-state index contributed by atoms with van der Waals surface area (Å²) >= 11 is 0. The van der Waals surface area contributed by atoms with E-state index >= 15 is 0 Å². The number of hydrogen-bond donors (Lipinski definition) is 1. The number of rotatable bonds is 3. The molecule has 0 aliphatic carbocycles. The van der Waals surface area contributed by atoms with Gasteiger partial charge in [-0.2, -0.15) is 0 Å². The van der Waals surface area contributed by atoms with Crippen LogP contribution in [0.15, 0.2) is 30.8 Å². The van der Waals surface area contributed by atoms with E-state index in [1.807, 2.05) is 0 Å². The van der Waals surface area contributed by atoms with Gasteiger partial charge in [0, 0.05) is 12.6 Å². The molecule has 13 heavy (non-hydrogen) atoms. The molecule has 1 unspecified atom stereocenters. The lowest BCUT2D eigenvalue weighted by molar-refractivity contribution is 0.926. The fourth-order valence-electron chi connectivity index (χ4n) is 1.61.